The highest BCUT2D eigenvalue weighted by molar-refractivity contribution is 5.87. The summed E-state index contributed by atoms with van der Waals surface area (Å²) in [6.07, 6.45) is 1.50. The molecule has 0 amide bonds. The van der Waals surface area contributed by atoms with Crippen LogP contribution in [0.3, 0.4) is 0 Å². The van der Waals surface area contributed by atoms with Crippen LogP contribution in [-0.2, 0) is 14.3 Å². The standard InChI is InChI=1S/C7H13NO3/c1-3-6(8)7(9)11-5-4-10-2/h3H,4-5,8H2,1-2H3. The van der Waals surface area contributed by atoms with Crippen LogP contribution in [0.15, 0.2) is 11.8 Å². The van der Waals surface area contributed by atoms with Gasteiger partial charge in [-0.25, -0.2) is 4.79 Å². The summed E-state index contributed by atoms with van der Waals surface area (Å²) in [4.78, 5) is 10.8. The SMILES string of the molecule is CC=C(N)C(=O)OCCOC. The normalized spacial score (nSPS) is 11.3. The maximum absolute atomic E-state index is 10.8. The smallest absolute Gasteiger partial charge is 0.353 e. The first-order chi connectivity index (χ1) is 5.22. The Bertz CT molecular complexity index is 154. The molecule has 4 nitrogen and oxygen atoms in total. The lowest BCUT2D eigenvalue weighted by molar-refractivity contribution is -0.140. The number of rotatable bonds is 4. The highest BCUT2D eigenvalue weighted by atomic mass is 16.6. The van der Waals surface area contributed by atoms with Gasteiger partial charge in [0.2, 0.25) is 0 Å². The second-order valence-electron chi connectivity index (χ2n) is 1.87. The third-order valence-electron chi connectivity index (χ3n) is 1.07. The lowest BCUT2D eigenvalue weighted by atomic mass is 10.4. The molecule has 0 unspecified atom stereocenters. The van der Waals surface area contributed by atoms with Crippen LogP contribution in [0, 0.1) is 0 Å². The molecule has 0 aromatic heterocycles. The highest BCUT2D eigenvalue weighted by Crippen LogP contribution is 1.88. The Morgan fingerprint density at radius 2 is 2.18 bits per heavy atom. The molecule has 64 valence electrons. The lowest BCUT2D eigenvalue weighted by Gasteiger charge is -2.02. The summed E-state index contributed by atoms with van der Waals surface area (Å²) >= 11 is 0. The van der Waals surface area contributed by atoms with Crippen molar-refractivity contribution in [3.63, 3.8) is 0 Å². The van der Waals surface area contributed by atoms with E-state index in [0.717, 1.165) is 0 Å². The van der Waals surface area contributed by atoms with E-state index < -0.39 is 5.97 Å². The van der Waals surface area contributed by atoms with Crippen molar-refractivity contribution in [2.75, 3.05) is 20.3 Å². The molecule has 0 radical (unpaired) electrons. The predicted octanol–water partition coefficient (Wildman–Crippen LogP) is 0.0385. The quantitative estimate of drug-likeness (QED) is 0.357. The Morgan fingerprint density at radius 3 is 2.64 bits per heavy atom. The number of carbonyl (C=O) groups excluding carboxylic acids is 1. The second-order valence-corrected chi connectivity index (χ2v) is 1.87. The minimum absolute atomic E-state index is 0.126. The average molecular weight is 159 g/mol. The molecule has 0 bridgehead atoms. The van der Waals surface area contributed by atoms with Crippen molar-refractivity contribution in [1.82, 2.24) is 0 Å². The molecule has 0 saturated heterocycles. The summed E-state index contributed by atoms with van der Waals surface area (Å²) in [6.45, 7) is 2.31. The molecule has 0 aliphatic heterocycles. The highest BCUT2D eigenvalue weighted by Gasteiger charge is 2.03. The molecule has 0 saturated carbocycles. The fraction of sp³-hybridized carbons (Fsp3) is 0.571. The minimum atomic E-state index is -0.496. The Kier molecular flexibility index (Phi) is 5.20. The summed E-state index contributed by atoms with van der Waals surface area (Å²) in [5.74, 6) is -0.496. The van der Waals surface area contributed by atoms with Gasteiger partial charge < -0.3 is 15.2 Å². The van der Waals surface area contributed by atoms with E-state index in [9.17, 15) is 4.79 Å². The number of allylic oxidation sites excluding steroid dienone is 1. The molecule has 0 aromatic carbocycles. The van der Waals surface area contributed by atoms with Gasteiger partial charge in [-0.05, 0) is 6.92 Å². The van der Waals surface area contributed by atoms with E-state index in [-0.39, 0.29) is 12.3 Å². The fourth-order valence-electron chi connectivity index (χ4n) is 0.419. The van der Waals surface area contributed by atoms with Gasteiger partial charge in [-0.2, -0.15) is 0 Å². The van der Waals surface area contributed by atoms with Gasteiger partial charge in [-0.3, -0.25) is 0 Å². The minimum Gasteiger partial charge on any atom is -0.459 e. The Labute approximate surface area is 66.0 Å². The van der Waals surface area contributed by atoms with Crippen LogP contribution in [0.2, 0.25) is 0 Å². The first-order valence-electron chi connectivity index (χ1n) is 3.30. The molecule has 0 aliphatic carbocycles. The number of ether oxygens (including phenoxy) is 2. The molecule has 0 heterocycles. The van der Waals surface area contributed by atoms with Crippen LogP contribution in [0.5, 0.6) is 0 Å². The molecule has 11 heavy (non-hydrogen) atoms. The monoisotopic (exact) mass is 159 g/mol. The van der Waals surface area contributed by atoms with Gasteiger partial charge in [-0.15, -0.1) is 0 Å². The van der Waals surface area contributed by atoms with Crippen LogP contribution in [0.1, 0.15) is 6.92 Å². The molecule has 4 heteroatoms. The zero-order valence-corrected chi connectivity index (χ0v) is 6.79. The number of methoxy groups -OCH3 is 1. The molecular weight excluding hydrogens is 146 g/mol. The molecule has 0 atom stereocenters. The molecule has 0 aliphatic rings. The van der Waals surface area contributed by atoms with Gasteiger partial charge in [0.05, 0.1) is 6.61 Å². The summed E-state index contributed by atoms with van der Waals surface area (Å²) in [5.41, 5.74) is 5.37. The van der Waals surface area contributed by atoms with Crippen LogP contribution >= 0.6 is 0 Å². The van der Waals surface area contributed by atoms with Gasteiger partial charge in [-0.1, -0.05) is 6.08 Å². The van der Waals surface area contributed by atoms with Crippen molar-refractivity contribution in [3.8, 4) is 0 Å². The zero-order chi connectivity index (χ0) is 8.69. The molecule has 0 aromatic rings. The Hall–Kier alpha value is -1.03. The molecular formula is C7H13NO3. The molecule has 0 fully saturated rings. The Balaban J connectivity index is 3.53. The zero-order valence-electron chi connectivity index (χ0n) is 6.79. The largest absolute Gasteiger partial charge is 0.459 e. The van der Waals surface area contributed by atoms with Gasteiger partial charge >= 0.3 is 5.97 Å². The van der Waals surface area contributed by atoms with Gasteiger partial charge in [0, 0.05) is 7.11 Å². The third kappa shape index (κ3) is 4.38. The van der Waals surface area contributed by atoms with Crippen molar-refractivity contribution in [3.05, 3.63) is 11.8 Å². The average Bonchev–Trinajstić information content (AvgIpc) is 2.03. The maximum atomic E-state index is 10.8. The van der Waals surface area contributed by atoms with Crippen molar-refractivity contribution in [2.24, 2.45) is 5.73 Å². The van der Waals surface area contributed by atoms with Gasteiger partial charge in [0.15, 0.2) is 0 Å². The molecule has 2 N–H and O–H groups in total. The van der Waals surface area contributed by atoms with Gasteiger partial charge in [0.1, 0.15) is 12.3 Å². The number of hydrogen-bond acceptors (Lipinski definition) is 4. The lowest BCUT2D eigenvalue weighted by Crippen LogP contribution is -2.16. The van der Waals surface area contributed by atoms with E-state index in [2.05, 4.69) is 9.47 Å². The van der Waals surface area contributed by atoms with E-state index in [1.165, 1.54) is 13.2 Å². The molecule has 0 rings (SSSR count). The van der Waals surface area contributed by atoms with E-state index in [1.807, 2.05) is 0 Å². The number of esters is 1. The van der Waals surface area contributed by atoms with Crippen LogP contribution in [0.25, 0.3) is 0 Å². The summed E-state index contributed by atoms with van der Waals surface area (Å²) in [5, 5.41) is 0. The van der Waals surface area contributed by atoms with Crippen molar-refractivity contribution < 1.29 is 14.3 Å². The van der Waals surface area contributed by atoms with E-state index >= 15 is 0 Å². The van der Waals surface area contributed by atoms with Crippen LogP contribution < -0.4 is 5.73 Å². The predicted molar refractivity (Wildman–Crippen MR) is 40.8 cm³/mol. The summed E-state index contributed by atoms with van der Waals surface area (Å²) < 4.78 is 9.35. The second kappa shape index (κ2) is 5.73. The van der Waals surface area contributed by atoms with Crippen LogP contribution in [-0.4, -0.2) is 26.3 Å². The first kappa shape index (κ1) is 9.97. The number of nitrogens with two attached hydrogens (primary N) is 1. The Morgan fingerprint density at radius 1 is 1.55 bits per heavy atom. The van der Waals surface area contributed by atoms with Crippen molar-refractivity contribution in [1.29, 1.82) is 0 Å². The summed E-state index contributed by atoms with van der Waals surface area (Å²) in [7, 11) is 1.53. The topological polar surface area (TPSA) is 61.6 Å². The number of hydrogen-bond donors (Lipinski definition) is 1. The summed E-state index contributed by atoms with van der Waals surface area (Å²) in [6, 6.07) is 0. The number of carbonyl (C=O) groups is 1. The van der Waals surface area contributed by atoms with Crippen molar-refractivity contribution >= 4 is 5.97 Å². The molecule has 0 spiro atoms. The fourth-order valence-corrected chi connectivity index (χ4v) is 0.419. The van der Waals surface area contributed by atoms with E-state index in [1.54, 1.807) is 6.92 Å². The van der Waals surface area contributed by atoms with E-state index in [0.29, 0.717) is 6.61 Å². The van der Waals surface area contributed by atoms with E-state index in [4.69, 9.17) is 5.73 Å². The first-order valence-corrected chi connectivity index (χ1v) is 3.30. The maximum Gasteiger partial charge on any atom is 0.353 e. The third-order valence-corrected chi connectivity index (χ3v) is 1.07. The van der Waals surface area contributed by atoms with Gasteiger partial charge in [0.25, 0.3) is 0 Å². The van der Waals surface area contributed by atoms with Crippen molar-refractivity contribution in [2.45, 2.75) is 6.92 Å². The van der Waals surface area contributed by atoms with Crippen LogP contribution in [0.4, 0.5) is 0 Å².